The van der Waals surface area contributed by atoms with E-state index in [9.17, 15) is 0 Å². The Morgan fingerprint density at radius 3 is 2.00 bits per heavy atom. The molecule has 0 aromatic carbocycles. The average molecular weight is 295 g/mol. The predicted octanol–water partition coefficient (Wildman–Crippen LogP) is 4.45. The van der Waals surface area contributed by atoms with Crippen LogP contribution in [0.4, 0.5) is 0 Å². The zero-order valence-corrected chi connectivity index (χ0v) is 14.4. The lowest BCUT2D eigenvalue weighted by atomic mass is 9.79. The molecule has 2 rings (SSSR count). The Kier molecular flexibility index (Phi) is 8.73. The molecule has 0 atom stereocenters. The monoisotopic (exact) mass is 294 g/mol. The highest BCUT2D eigenvalue weighted by Crippen LogP contribution is 2.30. The molecule has 0 spiro atoms. The largest absolute Gasteiger partial charge is 0.317 e. The van der Waals surface area contributed by atoms with E-state index in [1.165, 1.54) is 103 Å². The van der Waals surface area contributed by atoms with Crippen LogP contribution >= 0.6 is 0 Å². The number of nitrogens with one attached hydrogen (secondary N) is 1. The summed E-state index contributed by atoms with van der Waals surface area (Å²) in [7, 11) is 0. The van der Waals surface area contributed by atoms with Gasteiger partial charge in [0.25, 0.3) is 0 Å². The maximum Gasteiger partial charge on any atom is -0.00160 e. The van der Waals surface area contributed by atoms with Crippen molar-refractivity contribution in [3.8, 4) is 0 Å². The van der Waals surface area contributed by atoms with E-state index in [4.69, 9.17) is 0 Å². The number of likely N-dealkylation sites (tertiary alicyclic amines) is 1. The lowest BCUT2D eigenvalue weighted by molar-refractivity contribution is 0.129. The predicted molar refractivity (Wildman–Crippen MR) is 92.8 cm³/mol. The van der Waals surface area contributed by atoms with Crippen molar-refractivity contribution in [2.45, 2.75) is 77.6 Å². The van der Waals surface area contributed by atoms with Crippen molar-refractivity contribution in [2.24, 2.45) is 11.8 Å². The fourth-order valence-corrected chi connectivity index (χ4v) is 4.26. The zero-order valence-electron chi connectivity index (χ0n) is 14.4. The lowest BCUT2D eigenvalue weighted by Gasteiger charge is -2.37. The summed E-state index contributed by atoms with van der Waals surface area (Å²) in [6.45, 7) is 8.96. The Balaban J connectivity index is 1.47. The molecule has 2 aliphatic heterocycles. The highest BCUT2D eigenvalue weighted by atomic mass is 15.1. The number of unbranched alkanes of at least 4 members (excludes halogenated alkanes) is 6. The van der Waals surface area contributed by atoms with E-state index in [1.54, 1.807) is 0 Å². The summed E-state index contributed by atoms with van der Waals surface area (Å²) in [4.78, 5) is 2.74. The van der Waals surface area contributed by atoms with Gasteiger partial charge in [0.15, 0.2) is 0 Å². The molecule has 0 unspecified atom stereocenters. The van der Waals surface area contributed by atoms with Crippen molar-refractivity contribution < 1.29 is 0 Å². The SMILES string of the molecule is CCCCCCCCCN1CCC(C2CCNCC2)CC1. The molecule has 0 amide bonds. The van der Waals surface area contributed by atoms with E-state index in [2.05, 4.69) is 17.1 Å². The second-order valence-electron chi connectivity index (χ2n) is 7.39. The minimum atomic E-state index is 1.03. The van der Waals surface area contributed by atoms with Crippen LogP contribution < -0.4 is 5.32 Å². The summed E-state index contributed by atoms with van der Waals surface area (Å²) >= 11 is 0. The van der Waals surface area contributed by atoms with Crippen molar-refractivity contribution in [3.63, 3.8) is 0 Å². The molecule has 2 nitrogen and oxygen atoms in total. The fourth-order valence-electron chi connectivity index (χ4n) is 4.26. The molecule has 2 fully saturated rings. The quantitative estimate of drug-likeness (QED) is 0.632. The molecular weight excluding hydrogens is 256 g/mol. The Hall–Kier alpha value is -0.0800. The molecule has 0 aromatic rings. The van der Waals surface area contributed by atoms with Crippen LogP contribution in [0.25, 0.3) is 0 Å². The first-order valence-electron chi connectivity index (χ1n) is 9.83. The molecule has 0 radical (unpaired) electrons. The molecule has 0 bridgehead atoms. The number of hydrogen-bond acceptors (Lipinski definition) is 2. The topological polar surface area (TPSA) is 15.3 Å². The smallest absolute Gasteiger partial charge is 0.00160 e. The van der Waals surface area contributed by atoms with E-state index in [1.807, 2.05) is 0 Å². The van der Waals surface area contributed by atoms with Gasteiger partial charge in [0.1, 0.15) is 0 Å². The minimum absolute atomic E-state index is 1.03. The van der Waals surface area contributed by atoms with Gasteiger partial charge in [-0.25, -0.2) is 0 Å². The fraction of sp³-hybridized carbons (Fsp3) is 1.00. The Morgan fingerprint density at radius 2 is 1.33 bits per heavy atom. The molecule has 2 heteroatoms. The van der Waals surface area contributed by atoms with Gasteiger partial charge in [0, 0.05) is 0 Å². The Morgan fingerprint density at radius 1 is 0.762 bits per heavy atom. The molecule has 21 heavy (non-hydrogen) atoms. The molecule has 0 saturated carbocycles. The van der Waals surface area contributed by atoms with E-state index < -0.39 is 0 Å². The summed E-state index contributed by atoms with van der Waals surface area (Å²) in [6, 6.07) is 0. The van der Waals surface area contributed by atoms with Gasteiger partial charge in [0.2, 0.25) is 0 Å². The summed E-state index contributed by atoms with van der Waals surface area (Å²) < 4.78 is 0. The van der Waals surface area contributed by atoms with E-state index in [-0.39, 0.29) is 0 Å². The van der Waals surface area contributed by atoms with Crippen LogP contribution in [0.1, 0.15) is 77.6 Å². The molecule has 124 valence electrons. The third-order valence-corrected chi connectivity index (χ3v) is 5.76. The maximum absolute atomic E-state index is 3.50. The first kappa shape index (κ1) is 17.3. The molecule has 2 aliphatic rings. The van der Waals surface area contributed by atoms with Crippen molar-refractivity contribution in [1.29, 1.82) is 0 Å². The molecule has 2 saturated heterocycles. The van der Waals surface area contributed by atoms with E-state index in [0.717, 1.165) is 11.8 Å². The van der Waals surface area contributed by atoms with Crippen LogP contribution in [-0.4, -0.2) is 37.6 Å². The summed E-state index contributed by atoms with van der Waals surface area (Å²) in [5, 5.41) is 3.50. The summed E-state index contributed by atoms with van der Waals surface area (Å²) in [5.74, 6) is 2.07. The van der Waals surface area contributed by atoms with Crippen molar-refractivity contribution in [3.05, 3.63) is 0 Å². The van der Waals surface area contributed by atoms with Gasteiger partial charge < -0.3 is 10.2 Å². The zero-order chi connectivity index (χ0) is 14.8. The highest BCUT2D eigenvalue weighted by Gasteiger charge is 2.27. The normalized spacial score (nSPS) is 22.7. The number of rotatable bonds is 9. The standard InChI is InChI=1S/C19H38N2/c1-2-3-4-5-6-7-8-15-21-16-11-19(12-17-21)18-9-13-20-14-10-18/h18-20H,2-17H2,1H3. The van der Waals surface area contributed by atoms with Crippen LogP contribution in [0.3, 0.4) is 0 Å². The third kappa shape index (κ3) is 6.69. The Labute approximate surface area is 133 Å². The van der Waals surface area contributed by atoms with E-state index in [0.29, 0.717) is 0 Å². The molecule has 0 aliphatic carbocycles. The summed E-state index contributed by atoms with van der Waals surface area (Å²) in [6.07, 6.45) is 15.9. The van der Waals surface area contributed by atoms with Crippen LogP contribution in [0.15, 0.2) is 0 Å². The van der Waals surface area contributed by atoms with Crippen LogP contribution in [-0.2, 0) is 0 Å². The summed E-state index contributed by atoms with van der Waals surface area (Å²) in [5.41, 5.74) is 0. The molecule has 1 N–H and O–H groups in total. The van der Waals surface area contributed by atoms with E-state index >= 15 is 0 Å². The average Bonchev–Trinajstić information content (AvgIpc) is 2.55. The lowest BCUT2D eigenvalue weighted by Crippen LogP contribution is -2.39. The third-order valence-electron chi connectivity index (χ3n) is 5.76. The number of piperidine rings is 2. The second kappa shape index (κ2) is 10.6. The van der Waals surface area contributed by atoms with Gasteiger partial charge >= 0.3 is 0 Å². The van der Waals surface area contributed by atoms with Gasteiger partial charge in [0.05, 0.1) is 0 Å². The van der Waals surface area contributed by atoms with Gasteiger partial charge in [-0.1, -0.05) is 45.4 Å². The van der Waals surface area contributed by atoms with Gasteiger partial charge in [-0.15, -0.1) is 0 Å². The molecule has 0 aromatic heterocycles. The molecule has 2 heterocycles. The minimum Gasteiger partial charge on any atom is -0.317 e. The molecular formula is C19H38N2. The maximum atomic E-state index is 3.50. The van der Waals surface area contributed by atoms with Gasteiger partial charge in [-0.05, 0) is 76.7 Å². The second-order valence-corrected chi connectivity index (χ2v) is 7.39. The van der Waals surface area contributed by atoms with Crippen LogP contribution in [0.5, 0.6) is 0 Å². The van der Waals surface area contributed by atoms with Gasteiger partial charge in [-0.2, -0.15) is 0 Å². The Bertz CT molecular complexity index is 240. The van der Waals surface area contributed by atoms with Crippen molar-refractivity contribution in [1.82, 2.24) is 10.2 Å². The van der Waals surface area contributed by atoms with Crippen LogP contribution in [0.2, 0.25) is 0 Å². The number of nitrogens with zero attached hydrogens (tertiary/aromatic N) is 1. The van der Waals surface area contributed by atoms with Gasteiger partial charge in [-0.3, -0.25) is 0 Å². The number of hydrogen-bond donors (Lipinski definition) is 1. The highest BCUT2D eigenvalue weighted by molar-refractivity contribution is 4.81. The van der Waals surface area contributed by atoms with Crippen LogP contribution in [0, 0.1) is 11.8 Å². The van der Waals surface area contributed by atoms with Crippen molar-refractivity contribution >= 4 is 0 Å². The first-order valence-corrected chi connectivity index (χ1v) is 9.83. The van der Waals surface area contributed by atoms with Crippen molar-refractivity contribution in [2.75, 3.05) is 32.7 Å². The first-order chi connectivity index (χ1) is 10.4.